The van der Waals surface area contributed by atoms with Crippen LogP contribution >= 0.6 is 0 Å². The maximum absolute atomic E-state index is 10.4. The average Bonchev–Trinajstić information content (AvgIpc) is 3.12. The van der Waals surface area contributed by atoms with Crippen molar-refractivity contribution >= 4 is 0 Å². The fourth-order valence-corrected chi connectivity index (χ4v) is 3.35. The molecule has 0 saturated carbocycles. The van der Waals surface area contributed by atoms with Gasteiger partial charge in [-0.3, -0.25) is 9.58 Å². The van der Waals surface area contributed by atoms with Gasteiger partial charge < -0.3 is 9.52 Å². The smallest absolute Gasteiger partial charge is 0.132 e. The Hall–Kier alpha value is -1.59. The predicted molar refractivity (Wildman–Crippen MR) is 84.2 cm³/mol. The highest BCUT2D eigenvalue weighted by Crippen LogP contribution is 2.27. The molecule has 0 radical (unpaired) electrons. The van der Waals surface area contributed by atoms with Gasteiger partial charge in [-0.25, -0.2) is 0 Å². The molecule has 0 amide bonds. The normalized spacial score (nSPS) is 21.6. The summed E-state index contributed by atoms with van der Waals surface area (Å²) in [6.45, 7) is 1.99. The molecular weight excluding hydrogens is 278 g/mol. The number of hydrogen-bond donors (Lipinski definition) is 1. The van der Waals surface area contributed by atoms with Crippen LogP contribution in [-0.4, -0.2) is 32.4 Å². The third-order valence-electron chi connectivity index (χ3n) is 4.51. The number of nitrogens with zero attached hydrogens (tertiary/aromatic N) is 3. The number of aryl methyl sites for hydroxylation is 1. The van der Waals surface area contributed by atoms with Gasteiger partial charge in [-0.2, -0.15) is 5.10 Å². The summed E-state index contributed by atoms with van der Waals surface area (Å²) in [6, 6.07) is 4.08. The quantitative estimate of drug-likeness (QED) is 0.923. The summed E-state index contributed by atoms with van der Waals surface area (Å²) in [4.78, 5) is 2.50. The lowest BCUT2D eigenvalue weighted by Gasteiger charge is -2.30. The van der Waals surface area contributed by atoms with E-state index in [0.29, 0.717) is 11.8 Å². The van der Waals surface area contributed by atoms with Crippen molar-refractivity contribution in [2.75, 3.05) is 6.54 Å². The standard InChI is InChI=1S/C17H25N3O2/c1-19-12-14(11-18-19)13-20-8-4-2-3-6-15(20)10-16(21)17-7-5-9-22-17/h5,7,9,11-12,15-16,21H,2-4,6,8,10,13H2,1H3/t15-,16-/m0/s1. The summed E-state index contributed by atoms with van der Waals surface area (Å²) < 4.78 is 7.19. The Morgan fingerprint density at radius 1 is 1.41 bits per heavy atom. The molecule has 0 aromatic carbocycles. The average molecular weight is 303 g/mol. The molecule has 0 bridgehead atoms. The number of hydrogen-bond acceptors (Lipinski definition) is 4. The van der Waals surface area contributed by atoms with Gasteiger partial charge in [0.25, 0.3) is 0 Å². The molecule has 5 nitrogen and oxygen atoms in total. The fraction of sp³-hybridized carbons (Fsp3) is 0.588. The van der Waals surface area contributed by atoms with Gasteiger partial charge in [0.15, 0.2) is 0 Å². The number of aliphatic hydroxyl groups is 1. The molecule has 0 aliphatic carbocycles. The maximum Gasteiger partial charge on any atom is 0.132 e. The molecule has 2 aromatic rings. The Bertz CT molecular complexity index is 564. The molecule has 0 spiro atoms. The summed E-state index contributed by atoms with van der Waals surface area (Å²) >= 11 is 0. The monoisotopic (exact) mass is 303 g/mol. The molecule has 1 N–H and O–H groups in total. The number of aromatic nitrogens is 2. The summed E-state index contributed by atoms with van der Waals surface area (Å²) in [5.74, 6) is 0.672. The first-order valence-corrected chi connectivity index (χ1v) is 8.15. The Kier molecular flexibility index (Phi) is 4.95. The zero-order chi connectivity index (χ0) is 15.4. The second-order valence-electron chi connectivity index (χ2n) is 6.26. The minimum absolute atomic E-state index is 0.391. The molecule has 3 rings (SSSR count). The van der Waals surface area contributed by atoms with Crippen molar-refractivity contribution in [3.05, 3.63) is 42.1 Å². The Balaban J connectivity index is 1.67. The van der Waals surface area contributed by atoms with E-state index in [1.165, 1.54) is 24.8 Å². The van der Waals surface area contributed by atoms with Crippen molar-refractivity contribution in [1.82, 2.24) is 14.7 Å². The Morgan fingerprint density at radius 3 is 3.05 bits per heavy atom. The van der Waals surface area contributed by atoms with Crippen LogP contribution in [0.15, 0.2) is 35.2 Å². The van der Waals surface area contributed by atoms with E-state index in [1.807, 2.05) is 30.1 Å². The highest BCUT2D eigenvalue weighted by atomic mass is 16.4. The van der Waals surface area contributed by atoms with E-state index in [2.05, 4.69) is 16.2 Å². The van der Waals surface area contributed by atoms with Crippen molar-refractivity contribution < 1.29 is 9.52 Å². The predicted octanol–water partition coefficient (Wildman–Crippen LogP) is 2.88. The van der Waals surface area contributed by atoms with E-state index < -0.39 is 6.10 Å². The van der Waals surface area contributed by atoms with Gasteiger partial charge in [-0.15, -0.1) is 0 Å². The molecule has 0 unspecified atom stereocenters. The van der Waals surface area contributed by atoms with Crippen LogP contribution < -0.4 is 0 Å². The van der Waals surface area contributed by atoms with Crippen molar-refractivity contribution in [2.24, 2.45) is 7.05 Å². The van der Waals surface area contributed by atoms with Crippen molar-refractivity contribution in [3.63, 3.8) is 0 Å². The van der Waals surface area contributed by atoms with Gasteiger partial charge in [0.05, 0.1) is 12.5 Å². The van der Waals surface area contributed by atoms with Crippen molar-refractivity contribution in [3.8, 4) is 0 Å². The highest BCUT2D eigenvalue weighted by molar-refractivity contribution is 5.05. The van der Waals surface area contributed by atoms with Crippen LogP contribution in [0, 0.1) is 0 Å². The van der Waals surface area contributed by atoms with Gasteiger partial charge in [-0.1, -0.05) is 12.8 Å². The lowest BCUT2D eigenvalue weighted by molar-refractivity contribution is 0.0830. The van der Waals surface area contributed by atoms with E-state index >= 15 is 0 Å². The second-order valence-corrected chi connectivity index (χ2v) is 6.26. The molecule has 2 atom stereocenters. The molecule has 3 heterocycles. The van der Waals surface area contributed by atoms with Crippen LogP contribution in [0.4, 0.5) is 0 Å². The number of rotatable bonds is 5. The lowest BCUT2D eigenvalue weighted by Crippen LogP contribution is -2.35. The van der Waals surface area contributed by atoms with Crippen molar-refractivity contribution in [1.29, 1.82) is 0 Å². The van der Waals surface area contributed by atoms with Crippen LogP contribution in [0.3, 0.4) is 0 Å². The van der Waals surface area contributed by atoms with E-state index in [0.717, 1.165) is 25.9 Å². The largest absolute Gasteiger partial charge is 0.467 e. The van der Waals surface area contributed by atoms with Gasteiger partial charge in [0.2, 0.25) is 0 Å². The zero-order valence-electron chi connectivity index (χ0n) is 13.2. The first-order valence-electron chi connectivity index (χ1n) is 8.15. The molecular formula is C17H25N3O2. The third kappa shape index (κ3) is 3.78. The van der Waals surface area contributed by atoms with E-state index in [4.69, 9.17) is 4.42 Å². The number of furan rings is 1. The SMILES string of the molecule is Cn1cc(CN2CCCCC[C@H]2C[C@H](O)c2ccco2)cn1. The Labute approximate surface area is 131 Å². The summed E-state index contributed by atoms with van der Waals surface area (Å²) in [6.07, 6.45) is 10.7. The number of aliphatic hydroxyl groups excluding tert-OH is 1. The van der Waals surface area contributed by atoms with Gasteiger partial charge in [0.1, 0.15) is 11.9 Å². The van der Waals surface area contributed by atoms with Crippen LogP contribution in [0.2, 0.25) is 0 Å². The molecule has 22 heavy (non-hydrogen) atoms. The van der Waals surface area contributed by atoms with Gasteiger partial charge in [0, 0.05) is 31.4 Å². The summed E-state index contributed by atoms with van der Waals surface area (Å²) in [5, 5.41) is 14.7. The fourth-order valence-electron chi connectivity index (χ4n) is 3.35. The number of likely N-dealkylation sites (tertiary alicyclic amines) is 1. The lowest BCUT2D eigenvalue weighted by atomic mass is 10.0. The molecule has 2 aromatic heterocycles. The zero-order valence-corrected chi connectivity index (χ0v) is 13.2. The first-order chi connectivity index (χ1) is 10.7. The molecule has 120 valence electrons. The molecule has 5 heteroatoms. The highest BCUT2D eigenvalue weighted by Gasteiger charge is 2.25. The van der Waals surface area contributed by atoms with E-state index in [9.17, 15) is 5.11 Å². The van der Waals surface area contributed by atoms with E-state index in [-0.39, 0.29) is 0 Å². The summed E-state index contributed by atoms with van der Waals surface area (Å²) in [5.41, 5.74) is 1.24. The topological polar surface area (TPSA) is 54.4 Å². The maximum atomic E-state index is 10.4. The van der Waals surface area contributed by atoms with Gasteiger partial charge in [-0.05, 0) is 37.9 Å². The second kappa shape index (κ2) is 7.11. The molecule has 1 fully saturated rings. The van der Waals surface area contributed by atoms with Crippen LogP contribution in [-0.2, 0) is 13.6 Å². The first kappa shape index (κ1) is 15.3. The third-order valence-corrected chi connectivity index (χ3v) is 4.51. The minimum Gasteiger partial charge on any atom is -0.467 e. The minimum atomic E-state index is -0.519. The molecule has 1 aliphatic heterocycles. The summed E-state index contributed by atoms with van der Waals surface area (Å²) in [7, 11) is 1.95. The van der Waals surface area contributed by atoms with E-state index in [1.54, 1.807) is 6.26 Å². The van der Waals surface area contributed by atoms with Crippen LogP contribution in [0.25, 0.3) is 0 Å². The molecule has 1 aliphatic rings. The van der Waals surface area contributed by atoms with Crippen LogP contribution in [0.5, 0.6) is 0 Å². The molecule has 1 saturated heterocycles. The van der Waals surface area contributed by atoms with Gasteiger partial charge >= 0.3 is 0 Å². The van der Waals surface area contributed by atoms with Crippen molar-refractivity contribution in [2.45, 2.75) is 50.8 Å². The Morgan fingerprint density at radius 2 is 2.32 bits per heavy atom. The van der Waals surface area contributed by atoms with Crippen LogP contribution in [0.1, 0.15) is 49.5 Å².